The van der Waals surface area contributed by atoms with Crippen LogP contribution in [-0.4, -0.2) is 41.4 Å². The zero-order valence-corrected chi connectivity index (χ0v) is 16.2. The van der Waals surface area contributed by atoms with Crippen LogP contribution in [0.3, 0.4) is 0 Å². The number of imidazole rings is 1. The van der Waals surface area contributed by atoms with Gasteiger partial charge in [0.2, 0.25) is 0 Å². The number of para-hydroxylation sites is 1. The van der Waals surface area contributed by atoms with Crippen molar-refractivity contribution in [1.29, 1.82) is 0 Å². The van der Waals surface area contributed by atoms with Gasteiger partial charge in [0.1, 0.15) is 5.82 Å². The number of aryl methyl sites for hydroxylation is 1. The smallest absolute Gasteiger partial charge is 0.262 e. The molecule has 3 aromatic rings. The van der Waals surface area contributed by atoms with E-state index in [4.69, 9.17) is 0 Å². The van der Waals surface area contributed by atoms with E-state index < -0.39 is 10.0 Å². The van der Waals surface area contributed by atoms with Crippen LogP contribution in [0.5, 0.6) is 0 Å². The van der Waals surface area contributed by atoms with Crippen molar-refractivity contribution in [2.45, 2.75) is 17.0 Å². The summed E-state index contributed by atoms with van der Waals surface area (Å²) in [6, 6.07) is 15.8. The molecule has 1 saturated heterocycles. The van der Waals surface area contributed by atoms with E-state index in [1.807, 2.05) is 30.3 Å². The Kier molecular flexibility index (Phi) is 4.91. The molecule has 6 nitrogen and oxygen atoms in total. The zero-order chi connectivity index (χ0) is 19.7. The predicted octanol–water partition coefficient (Wildman–Crippen LogP) is 2.83. The summed E-state index contributed by atoms with van der Waals surface area (Å²) in [5.41, 5.74) is 1.38. The highest BCUT2D eigenvalue weighted by molar-refractivity contribution is 7.89. The molecule has 0 aliphatic carbocycles. The average Bonchev–Trinajstić information content (AvgIpc) is 3.30. The Morgan fingerprint density at radius 3 is 2.46 bits per heavy atom. The summed E-state index contributed by atoms with van der Waals surface area (Å²) in [5, 5.41) is 3.38. The molecule has 1 fully saturated rings. The van der Waals surface area contributed by atoms with E-state index >= 15 is 0 Å². The topological polar surface area (TPSA) is 67.2 Å². The summed E-state index contributed by atoms with van der Waals surface area (Å²) < 4.78 is 43.5. The Labute approximate surface area is 163 Å². The van der Waals surface area contributed by atoms with Crippen molar-refractivity contribution in [3.63, 3.8) is 0 Å². The van der Waals surface area contributed by atoms with E-state index in [2.05, 4.69) is 10.3 Å². The third-order valence-electron chi connectivity index (χ3n) is 5.00. The first-order valence-electron chi connectivity index (χ1n) is 8.99. The molecule has 4 rings (SSSR count). The van der Waals surface area contributed by atoms with Crippen LogP contribution in [-0.2, 0) is 17.1 Å². The van der Waals surface area contributed by atoms with Crippen LogP contribution in [0.2, 0.25) is 0 Å². The van der Waals surface area contributed by atoms with Gasteiger partial charge < -0.3 is 9.88 Å². The van der Waals surface area contributed by atoms with E-state index in [0.29, 0.717) is 5.56 Å². The van der Waals surface area contributed by atoms with Gasteiger partial charge in [-0.1, -0.05) is 36.4 Å². The number of sulfonamides is 1. The lowest BCUT2D eigenvalue weighted by atomic mass is 9.93. The van der Waals surface area contributed by atoms with Crippen LogP contribution < -0.4 is 5.32 Å². The molecule has 1 aliphatic heterocycles. The van der Waals surface area contributed by atoms with Crippen molar-refractivity contribution in [3.05, 3.63) is 78.5 Å². The molecule has 0 saturated carbocycles. The van der Waals surface area contributed by atoms with E-state index in [1.165, 1.54) is 22.9 Å². The lowest BCUT2D eigenvalue weighted by Crippen LogP contribution is -2.32. The highest BCUT2D eigenvalue weighted by Gasteiger charge is 2.41. The molecule has 146 valence electrons. The van der Waals surface area contributed by atoms with Crippen molar-refractivity contribution < 1.29 is 12.8 Å². The number of halogens is 1. The monoisotopic (exact) mass is 400 g/mol. The molecule has 0 bridgehead atoms. The van der Waals surface area contributed by atoms with Gasteiger partial charge in [-0.05, 0) is 23.8 Å². The third kappa shape index (κ3) is 3.53. The summed E-state index contributed by atoms with van der Waals surface area (Å²) >= 11 is 0. The minimum absolute atomic E-state index is 0.00245. The average molecular weight is 400 g/mol. The second-order valence-electron chi connectivity index (χ2n) is 6.94. The fraction of sp³-hybridized carbons (Fsp3) is 0.250. The molecule has 1 aromatic heterocycles. The first kappa shape index (κ1) is 18.6. The van der Waals surface area contributed by atoms with Crippen molar-refractivity contribution in [2.75, 3.05) is 18.4 Å². The molecular weight excluding hydrogens is 379 g/mol. The molecule has 0 unspecified atom stereocenters. The normalized spacial score (nSPS) is 20.4. The molecule has 0 radical (unpaired) electrons. The first-order valence-corrected chi connectivity index (χ1v) is 10.4. The van der Waals surface area contributed by atoms with Gasteiger partial charge in [0.25, 0.3) is 10.0 Å². The number of hydrogen-bond donors (Lipinski definition) is 1. The van der Waals surface area contributed by atoms with Gasteiger partial charge in [-0.2, -0.15) is 4.31 Å². The summed E-state index contributed by atoms with van der Waals surface area (Å²) in [6.07, 6.45) is 2.93. The van der Waals surface area contributed by atoms with Crippen molar-refractivity contribution in [2.24, 2.45) is 7.05 Å². The van der Waals surface area contributed by atoms with Gasteiger partial charge >= 0.3 is 0 Å². The van der Waals surface area contributed by atoms with Gasteiger partial charge in [0.15, 0.2) is 5.03 Å². The molecular formula is C20H21FN4O2S. The Morgan fingerprint density at radius 1 is 1.07 bits per heavy atom. The summed E-state index contributed by atoms with van der Waals surface area (Å²) in [5.74, 6) is -0.649. The second-order valence-corrected chi connectivity index (χ2v) is 8.83. The summed E-state index contributed by atoms with van der Waals surface area (Å²) in [4.78, 5) is 4.00. The van der Waals surface area contributed by atoms with Gasteiger partial charge in [-0.25, -0.2) is 17.8 Å². The van der Waals surface area contributed by atoms with Crippen LogP contribution in [0.4, 0.5) is 10.1 Å². The van der Waals surface area contributed by atoms with E-state index in [-0.39, 0.29) is 35.9 Å². The molecule has 0 spiro atoms. The van der Waals surface area contributed by atoms with Crippen LogP contribution in [0.1, 0.15) is 11.5 Å². The molecule has 2 heterocycles. The molecule has 1 N–H and O–H groups in total. The fourth-order valence-corrected chi connectivity index (χ4v) is 5.06. The molecule has 2 atom stereocenters. The number of anilines is 1. The number of nitrogens with zero attached hydrogens (tertiary/aromatic N) is 3. The Morgan fingerprint density at radius 2 is 1.79 bits per heavy atom. The maximum Gasteiger partial charge on any atom is 0.262 e. The third-order valence-corrected chi connectivity index (χ3v) is 6.72. The van der Waals surface area contributed by atoms with Crippen LogP contribution in [0, 0.1) is 5.82 Å². The summed E-state index contributed by atoms with van der Waals surface area (Å²) in [6.45, 7) is 0.414. The van der Waals surface area contributed by atoms with Crippen LogP contribution in [0.25, 0.3) is 0 Å². The van der Waals surface area contributed by atoms with E-state index in [0.717, 1.165) is 5.69 Å². The standard InChI is InChI=1S/C20H21FN4O2S/c1-24-13-20(22-14-24)28(26,27)25-11-17(16-9-5-6-10-18(16)21)19(12-25)23-15-7-3-2-4-8-15/h2-10,13-14,17,19,23H,11-12H2,1H3/t17-,19+/m1/s1. The molecule has 1 aliphatic rings. The van der Waals surface area contributed by atoms with Crippen molar-refractivity contribution >= 4 is 15.7 Å². The molecule has 0 amide bonds. The second kappa shape index (κ2) is 7.37. The minimum atomic E-state index is -3.76. The highest BCUT2D eigenvalue weighted by atomic mass is 32.2. The lowest BCUT2D eigenvalue weighted by molar-refractivity contribution is 0.467. The van der Waals surface area contributed by atoms with Crippen LogP contribution >= 0.6 is 0 Å². The highest BCUT2D eigenvalue weighted by Crippen LogP contribution is 2.34. The van der Waals surface area contributed by atoms with Crippen molar-refractivity contribution in [1.82, 2.24) is 13.9 Å². The van der Waals surface area contributed by atoms with Gasteiger partial charge in [0.05, 0.1) is 6.33 Å². The Hall–Kier alpha value is -2.71. The predicted molar refractivity (Wildman–Crippen MR) is 105 cm³/mol. The minimum Gasteiger partial charge on any atom is -0.380 e. The Bertz CT molecular complexity index is 1070. The Balaban J connectivity index is 1.68. The van der Waals surface area contributed by atoms with E-state index in [1.54, 1.807) is 29.8 Å². The number of nitrogens with one attached hydrogen (secondary N) is 1. The maximum absolute atomic E-state index is 14.5. The zero-order valence-electron chi connectivity index (χ0n) is 15.4. The quantitative estimate of drug-likeness (QED) is 0.715. The molecule has 2 aromatic carbocycles. The first-order chi connectivity index (χ1) is 13.4. The number of aromatic nitrogens is 2. The van der Waals surface area contributed by atoms with E-state index in [9.17, 15) is 12.8 Å². The van der Waals surface area contributed by atoms with Gasteiger partial charge in [0, 0.05) is 44.0 Å². The van der Waals surface area contributed by atoms with Crippen molar-refractivity contribution in [3.8, 4) is 0 Å². The largest absolute Gasteiger partial charge is 0.380 e. The number of rotatable bonds is 5. The fourth-order valence-electron chi connectivity index (χ4n) is 3.60. The SMILES string of the molecule is Cn1cnc(S(=O)(=O)N2C[C@H](Nc3ccccc3)[C@@H](c3ccccc3F)C2)c1. The number of hydrogen-bond acceptors (Lipinski definition) is 4. The maximum atomic E-state index is 14.5. The van der Waals surface area contributed by atoms with Gasteiger partial charge in [-0.3, -0.25) is 0 Å². The summed E-state index contributed by atoms with van der Waals surface area (Å²) in [7, 11) is -2.04. The van der Waals surface area contributed by atoms with Gasteiger partial charge in [-0.15, -0.1) is 0 Å². The molecule has 8 heteroatoms. The van der Waals surface area contributed by atoms with Crippen LogP contribution in [0.15, 0.2) is 72.1 Å². The number of benzene rings is 2. The molecule has 28 heavy (non-hydrogen) atoms. The lowest BCUT2D eigenvalue weighted by Gasteiger charge is -2.21.